The van der Waals surface area contributed by atoms with Gasteiger partial charge in [-0.15, -0.1) is 0 Å². The van der Waals surface area contributed by atoms with Crippen molar-refractivity contribution in [2.24, 2.45) is 0 Å². The van der Waals surface area contributed by atoms with Gasteiger partial charge in [0.2, 0.25) is 0 Å². The maximum atomic E-state index is 2.41. The minimum Gasteiger partial charge on any atom is -0.377 e. The number of rotatable bonds is 2. The van der Waals surface area contributed by atoms with Crippen molar-refractivity contribution >= 4 is 29.7 Å². The summed E-state index contributed by atoms with van der Waals surface area (Å²) in [5.41, 5.74) is 1.33. The van der Waals surface area contributed by atoms with E-state index in [1.807, 2.05) is 0 Å². The SMILES string of the molecule is CN(C)c1cccc2cccc([Si](C)(C)C)c12. The molecule has 0 radical (unpaired) electrons. The fourth-order valence-corrected chi connectivity index (χ4v) is 3.94. The number of fused-ring (bicyclic) bond motifs is 1. The Morgan fingerprint density at radius 1 is 0.882 bits per heavy atom. The maximum Gasteiger partial charge on any atom is 0.0785 e. The zero-order chi connectivity index (χ0) is 12.6. The van der Waals surface area contributed by atoms with Gasteiger partial charge in [-0.3, -0.25) is 0 Å². The summed E-state index contributed by atoms with van der Waals surface area (Å²) in [6.45, 7) is 7.23. The van der Waals surface area contributed by atoms with Crippen molar-refractivity contribution in [2.75, 3.05) is 19.0 Å². The van der Waals surface area contributed by atoms with Crippen LogP contribution in [0.4, 0.5) is 5.69 Å². The highest BCUT2D eigenvalue weighted by Crippen LogP contribution is 2.25. The summed E-state index contributed by atoms with van der Waals surface area (Å²) in [7, 11) is 2.94. The van der Waals surface area contributed by atoms with Gasteiger partial charge in [0.1, 0.15) is 0 Å². The Bertz CT molecular complexity index is 533. The lowest BCUT2D eigenvalue weighted by molar-refractivity contribution is 1.14. The molecule has 90 valence electrons. The van der Waals surface area contributed by atoms with Crippen LogP contribution in [0.15, 0.2) is 36.4 Å². The predicted octanol–water partition coefficient (Wildman–Crippen LogP) is 3.45. The van der Waals surface area contributed by atoms with Crippen molar-refractivity contribution in [1.29, 1.82) is 0 Å². The van der Waals surface area contributed by atoms with Crippen molar-refractivity contribution in [3.63, 3.8) is 0 Å². The summed E-state index contributed by atoms with van der Waals surface area (Å²) in [4.78, 5) is 2.21. The Hall–Kier alpha value is -1.28. The molecule has 1 nitrogen and oxygen atoms in total. The molecule has 2 aromatic carbocycles. The monoisotopic (exact) mass is 243 g/mol. The molecule has 0 fully saturated rings. The zero-order valence-electron chi connectivity index (χ0n) is 11.4. The van der Waals surface area contributed by atoms with E-state index >= 15 is 0 Å². The van der Waals surface area contributed by atoms with Gasteiger partial charge in [0.05, 0.1) is 8.07 Å². The lowest BCUT2D eigenvalue weighted by atomic mass is 10.1. The van der Waals surface area contributed by atoms with Gasteiger partial charge in [-0.05, 0) is 11.5 Å². The van der Waals surface area contributed by atoms with Crippen LogP contribution in [0.25, 0.3) is 10.8 Å². The van der Waals surface area contributed by atoms with E-state index in [0.29, 0.717) is 0 Å². The Labute approximate surface area is 105 Å². The van der Waals surface area contributed by atoms with Crippen LogP contribution in [0.5, 0.6) is 0 Å². The molecule has 0 unspecified atom stereocenters. The molecule has 0 aromatic heterocycles. The van der Waals surface area contributed by atoms with Crippen molar-refractivity contribution in [3.8, 4) is 0 Å². The smallest absolute Gasteiger partial charge is 0.0785 e. The first-order valence-corrected chi connectivity index (χ1v) is 9.61. The van der Waals surface area contributed by atoms with Gasteiger partial charge in [-0.25, -0.2) is 0 Å². The summed E-state index contributed by atoms with van der Waals surface area (Å²) in [6, 6.07) is 13.3. The van der Waals surface area contributed by atoms with Crippen LogP contribution in [0.2, 0.25) is 19.6 Å². The molecule has 0 aliphatic heterocycles. The molecule has 0 heterocycles. The zero-order valence-corrected chi connectivity index (χ0v) is 12.4. The van der Waals surface area contributed by atoms with Gasteiger partial charge in [-0.2, -0.15) is 0 Å². The largest absolute Gasteiger partial charge is 0.377 e. The Morgan fingerprint density at radius 2 is 1.47 bits per heavy atom. The predicted molar refractivity (Wildman–Crippen MR) is 81.3 cm³/mol. The highest BCUT2D eigenvalue weighted by molar-refractivity contribution is 6.90. The molecule has 0 aliphatic rings. The highest BCUT2D eigenvalue weighted by atomic mass is 28.3. The summed E-state index contributed by atoms with van der Waals surface area (Å²) in [5.74, 6) is 0. The lowest BCUT2D eigenvalue weighted by Crippen LogP contribution is -2.38. The third kappa shape index (κ3) is 2.22. The van der Waals surface area contributed by atoms with Crippen LogP contribution in [-0.4, -0.2) is 22.2 Å². The topological polar surface area (TPSA) is 3.24 Å². The second-order valence-electron chi connectivity index (χ2n) is 5.83. The van der Waals surface area contributed by atoms with Gasteiger partial charge in [-0.1, -0.05) is 55.2 Å². The Balaban J connectivity index is 2.86. The molecule has 17 heavy (non-hydrogen) atoms. The third-order valence-electron chi connectivity index (χ3n) is 3.17. The number of nitrogens with zero attached hydrogens (tertiary/aromatic N) is 1. The molecule has 0 atom stereocenters. The van der Waals surface area contributed by atoms with Crippen LogP contribution >= 0.6 is 0 Å². The fourth-order valence-electron chi connectivity index (χ4n) is 2.32. The minimum atomic E-state index is -1.30. The quantitative estimate of drug-likeness (QED) is 0.730. The summed E-state index contributed by atoms with van der Waals surface area (Å²) < 4.78 is 0. The van der Waals surface area contributed by atoms with E-state index in [-0.39, 0.29) is 0 Å². The van der Waals surface area contributed by atoms with Crippen molar-refractivity contribution < 1.29 is 0 Å². The molecule has 2 heteroatoms. The van der Waals surface area contributed by atoms with E-state index in [1.165, 1.54) is 16.5 Å². The molecule has 0 amide bonds. The van der Waals surface area contributed by atoms with E-state index in [2.05, 4.69) is 75.0 Å². The molecule has 2 aromatic rings. The molecule has 0 bridgehead atoms. The molecule has 0 saturated carbocycles. The van der Waals surface area contributed by atoms with E-state index < -0.39 is 8.07 Å². The number of anilines is 1. The molecule has 2 rings (SSSR count). The second kappa shape index (κ2) is 4.19. The van der Waals surface area contributed by atoms with Crippen molar-refractivity contribution in [3.05, 3.63) is 36.4 Å². The summed E-state index contributed by atoms with van der Waals surface area (Å²) in [6.07, 6.45) is 0. The maximum absolute atomic E-state index is 2.41. The Kier molecular flexibility index (Phi) is 3.00. The van der Waals surface area contributed by atoms with Crippen molar-refractivity contribution in [1.82, 2.24) is 0 Å². The lowest BCUT2D eigenvalue weighted by Gasteiger charge is -2.23. The highest BCUT2D eigenvalue weighted by Gasteiger charge is 2.20. The van der Waals surface area contributed by atoms with E-state index in [0.717, 1.165) is 0 Å². The molecule has 0 aliphatic carbocycles. The van der Waals surface area contributed by atoms with E-state index in [9.17, 15) is 0 Å². The first kappa shape index (κ1) is 12.2. The standard InChI is InChI=1S/C15H21NSi/c1-16(2)13-10-6-8-12-9-7-11-14(15(12)13)17(3,4)5/h6-11H,1-5H3. The first-order chi connectivity index (χ1) is 7.91. The van der Waals surface area contributed by atoms with Crippen LogP contribution in [0, 0.1) is 0 Å². The minimum absolute atomic E-state index is 1.30. The average Bonchev–Trinajstić information content (AvgIpc) is 2.26. The molecule has 0 N–H and O–H groups in total. The van der Waals surface area contributed by atoms with Gasteiger partial charge in [0.15, 0.2) is 0 Å². The third-order valence-corrected chi connectivity index (χ3v) is 5.21. The van der Waals surface area contributed by atoms with E-state index in [4.69, 9.17) is 0 Å². The van der Waals surface area contributed by atoms with Crippen LogP contribution in [0.1, 0.15) is 0 Å². The van der Waals surface area contributed by atoms with Crippen LogP contribution in [-0.2, 0) is 0 Å². The van der Waals surface area contributed by atoms with Gasteiger partial charge in [0, 0.05) is 25.2 Å². The van der Waals surface area contributed by atoms with Gasteiger partial charge >= 0.3 is 0 Å². The number of hydrogen-bond acceptors (Lipinski definition) is 1. The summed E-state index contributed by atoms with van der Waals surface area (Å²) >= 11 is 0. The average molecular weight is 243 g/mol. The van der Waals surface area contributed by atoms with Crippen molar-refractivity contribution in [2.45, 2.75) is 19.6 Å². The van der Waals surface area contributed by atoms with E-state index in [1.54, 1.807) is 5.19 Å². The first-order valence-electron chi connectivity index (χ1n) is 6.11. The van der Waals surface area contributed by atoms with Gasteiger partial charge in [0.25, 0.3) is 0 Å². The van der Waals surface area contributed by atoms with Gasteiger partial charge < -0.3 is 4.90 Å². The number of benzene rings is 2. The number of hydrogen-bond donors (Lipinski definition) is 0. The Morgan fingerprint density at radius 3 is 2.00 bits per heavy atom. The normalized spacial score (nSPS) is 11.8. The molecular formula is C15H21NSi. The second-order valence-corrected chi connectivity index (χ2v) is 10.9. The fraction of sp³-hybridized carbons (Fsp3) is 0.333. The van der Waals surface area contributed by atoms with Crippen LogP contribution in [0.3, 0.4) is 0 Å². The summed E-state index contributed by atoms with van der Waals surface area (Å²) in [5, 5.41) is 4.36. The van der Waals surface area contributed by atoms with Crippen LogP contribution < -0.4 is 10.1 Å². The molecular weight excluding hydrogens is 222 g/mol. The molecule has 0 spiro atoms. The molecule has 0 saturated heterocycles.